The summed E-state index contributed by atoms with van der Waals surface area (Å²) in [4.78, 5) is 2.20. The van der Waals surface area contributed by atoms with Crippen LogP contribution in [0.4, 0.5) is 0 Å². The number of hydrogen-bond donors (Lipinski definition) is 1. The van der Waals surface area contributed by atoms with Crippen molar-refractivity contribution < 1.29 is 5.11 Å². The van der Waals surface area contributed by atoms with Crippen LogP contribution in [0.25, 0.3) is 0 Å². The molecule has 0 spiro atoms. The predicted molar refractivity (Wildman–Crippen MR) is 97.9 cm³/mol. The van der Waals surface area contributed by atoms with Gasteiger partial charge in [-0.05, 0) is 36.8 Å². The Morgan fingerprint density at radius 3 is 1.79 bits per heavy atom. The summed E-state index contributed by atoms with van der Waals surface area (Å²) in [6.45, 7) is 1.66. The maximum Gasteiger partial charge on any atom is 0.0541 e. The molecule has 1 aliphatic rings. The average molecular weight is 319 g/mol. The highest BCUT2D eigenvalue weighted by Gasteiger charge is 2.17. The van der Waals surface area contributed by atoms with Crippen LogP contribution in [0.15, 0.2) is 60.7 Å². The Kier molecular flexibility index (Phi) is 5.93. The number of hydrogen-bond acceptors (Lipinski definition) is 2. The van der Waals surface area contributed by atoms with Gasteiger partial charge < -0.3 is 10.0 Å². The van der Waals surface area contributed by atoms with Gasteiger partial charge in [-0.3, -0.25) is 0 Å². The Bertz CT molecular complexity index is 622. The van der Waals surface area contributed by atoms with Crippen LogP contribution in [-0.4, -0.2) is 16.1 Å². The van der Waals surface area contributed by atoms with E-state index >= 15 is 0 Å². The summed E-state index contributed by atoms with van der Waals surface area (Å²) in [6.07, 6.45) is 3.68. The van der Waals surface area contributed by atoms with Crippen LogP contribution in [0.5, 0.6) is 0 Å². The number of aliphatic hydroxyl groups is 1. The molecule has 0 heterocycles. The summed E-state index contributed by atoms with van der Waals surface area (Å²) < 4.78 is 0. The van der Waals surface area contributed by atoms with Gasteiger partial charge in [0, 0.05) is 12.0 Å². The third kappa shape index (κ3) is 5.15. The topological polar surface area (TPSA) is 23.5 Å². The average Bonchev–Trinajstić information content (AvgIpc) is 2.63. The van der Waals surface area contributed by atoms with E-state index in [2.05, 4.69) is 65.4 Å². The van der Waals surface area contributed by atoms with Crippen LogP contribution in [0.3, 0.4) is 0 Å². The number of rotatable bonds is 4. The van der Waals surface area contributed by atoms with Crippen LogP contribution in [0, 0.1) is 17.9 Å². The summed E-state index contributed by atoms with van der Waals surface area (Å²) in [5.74, 6) is 3.87. The van der Waals surface area contributed by atoms with E-state index in [-0.39, 0.29) is 6.10 Å². The fourth-order valence-electron chi connectivity index (χ4n) is 3.15. The molecule has 0 aromatic heterocycles. The van der Waals surface area contributed by atoms with Gasteiger partial charge in [-0.1, -0.05) is 66.6 Å². The van der Waals surface area contributed by atoms with Gasteiger partial charge in [0.1, 0.15) is 0 Å². The summed E-state index contributed by atoms with van der Waals surface area (Å²) in [7, 11) is 0. The van der Waals surface area contributed by atoms with Gasteiger partial charge in [-0.2, -0.15) is 0 Å². The van der Waals surface area contributed by atoms with E-state index in [4.69, 9.17) is 0 Å². The van der Waals surface area contributed by atoms with Crippen molar-refractivity contribution in [1.82, 2.24) is 4.90 Å². The van der Waals surface area contributed by atoms with Crippen molar-refractivity contribution in [2.24, 2.45) is 5.92 Å². The molecule has 3 rings (SSSR count). The fourth-order valence-corrected chi connectivity index (χ4v) is 3.15. The first-order chi connectivity index (χ1) is 11.8. The lowest BCUT2D eigenvalue weighted by Gasteiger charge is -2.22. The zero-order chi connectivity index (χ0) is 16.6. The fraction of sp³-hybridized carbons (Fsp3) is 0.364. The zero-order valence-corrected chi connectivity index (χ0v) is 14.1. The van der Waals surface area contributed by atoms with Gasteiger partial charge in [0.15, 0.2) is 0 Å². The lowest BCUT2D eigenvalue weighted by atomic mass is 9.88. The molecule has 2 aromatic carbocycles. The van der Waals surface area contributed by atoms with E-state index in [1.807, 2.05) is 12.1 Å². The van der Waals surface area contributed by atoms with Crippen LogP contribution in [-0.2, 0) is 13.1 Å². The molecule has 1 fully saturated rings. The molecule has 24 heavy (non-hydrogen) atoms. The standard InChI is InChI=1S/C22H25NO/c24-22-13-11-19(12-14-22)15-16-23(17-20-7-3-1-4-8-20)18-21-9-5-2-6-10-21/h1-10,19,22,24H,11-14,17-18H2. The summed E-state index contributed by atoms with van der Waals surface area (Å²) in [6, 6.07) is 24.4. The Morgan fingerprint density at radius 2 is 1.29 bits per heavy atom. The van der Waals surface area contributed by atoms with Crippen molar-refractivity contribution in [3.8, 4) is 12.0 Å². The number of benzene rings is 2. The third-order valence-corrected chi connectivity index (χ3v) is 4.56. The van der Waals surface area contributed by atoms with Crippen molar-refractivity contribution in [2.45, 2.75) is 44.9 Å². The SMILES string of the molecule is OC1CCC(C#CN(Cc2ccccc2)Cc2ccccc2)CC1. The first kappa shape index (κ1) is 16.6. The van der Waals surface area contributed by atoms with Gasteiger partial charge >= 0.3 is 0 Å². The summed E-state index contributed by atoms with van der Waals surface area (Å²) in [5.41, 5.74) is 2.56. The molecule has 0 radical (unpaired) electrons. The van der Waals surface area contributed by atoms with E-state index in [0.717, 1.165) is 38.8 Å². The Labute approximate surface area is 145 Å². The van der Waals surface area contributed by atoms with Gasteiger partial charge in [0.2, 0.25) is 0 Å². The first-order valence-corrected chi connectivity index (χ1v) is 8.81. The van der Waals surface area contributed by atoms with Crippen molar-refractivity contribution in [3.63, 3.8) is 0 Å². The Balaban J connectivity index is 1.69. The van der Waals surface area contributed by atoms with Crippen LogP contribution < -0.4 is 0 Å². The normalized spacial score (nSPS) is 20.0. The molecule has 2 nitrogen and oxygen atoms in total. The molecule has 0 aliphatic heterocycles. The van der Waals surface area contributed by atoms with E-state index in [0.29, 0.717) is 5.92 Å². The highest BCUT2D eigenvalue weighted by Crippen LogP contribution is 2.23. The molecule has 1 saturated carbocycles. The van der Waals surface area contributed by atoms with Crippen molar-refractivity contribution in [1.29, 1.82) is 0 Å². The first-order valence-electron chi connectivity index (χ1n) is 8.81. The predicted octanol–water partition coefficient (Wildman–Crippen LogP) is 4.20. The molecule has 2 heteroatoms. The van der Waals surface area contributed by atoms with Crippen LogP contribution in [0.2, 0.25) is 0 Å². The number of nitrogens with zero attached hydrogens (tertiary/aromatic N) is 1. The molecule has 2 aromatic rings. The highest BCUT2D eigenvalue weighted by atomic mass is 16.3. The second-order valence-corrected chi connectivity index (χ2v) is 6.59. The molecule has 124 valence electrons. The van der Waals surface area contributed by atoms with Gasteiger partial charge in [-0.25, -0.2) is 0 Å². The van der Waals surface area contributed by atoms with Crippen molar-refractivity contribution in [3.05, 3.63) is 71.8 Å². The maximum atomic E-state index is 9.64. The Hall–Kier alpha value is -2.24. The molecule has 0 atom stereocenters. The lowest BCUT2D eigenvalue weighted by molar-refractivity contribution is 0.119. The van der Waals surface area contributed by atoms with Crippen molar-refractivity contribution >= 4 is 0 Å². The minimum absolute atomic E-state index is 0.118. The van der Waals surface area contributed by atoms with E-state index in [1.165, 1.54) is 11.1 Å². The molecular formula is C22H25NO. The minimum Gasteiger partial charge on any atom is -0.393 e. The summed E-state index contributed by atoms with van der Waals surface area (Å²) >= 11 is 0. The largest absolute Gasteiger partial charge is 0.393 e. The van der Waals surface area contributed by atoms with E-state index in [1.54, 1.807) is 0 Å². The smallest absolute Gasteiger partial charge is 0.0541 e. The molecule has 0 amide bonds. The Morgan fingerprint density at radius 1 is 0.792 bits per heavy atom. The van der Waals surface area contributed by atoms with Gasteiger partial charge in [0.25, 0.3) is 0 Å². The second-order valence-electron chi connectivity index (χ2n) is 6.59. The van der Waals surface area contributed by atoms with E-state index in [9.17, 15) is 5.11 Å². The van der Waals surface area contributed by atoms with Gasteiger partial charge in [0.05, 0.1) is 19.2 Å². The highest BCUT2D eigenvalue weighted by molar-refractivity contribution is 5.19. The molecule has 1 aliphatic carbocycles. The number of aliphatic hydroxyl groups excluding tert-OH is 1. The third-order valence-electron chi connectivity index (χ3n) is 4.56. The molecular weight excluding hydrogens is 294 g/mol. The quantitative estimate of drug-likeness (QED) is 0.674. The van der Waals surface area contributed by atoms with Gasteiger partial charge in [-0.15, -0.1) is 0 Å². The van der Waals surface area contributed by atoms with Crippen LogP contribution >= 0.6 is 0 Å². The molecule has 1 N–H and O–H groups in total. The molecule has 0 bridgehead atoms. The molecule has 0 unspecified atom stereocenters. The second kappa shape index (κ2) is 8.57. The summed E-state index contributed by atoms with van der Waals surface area (Å²) in [5, 5.41) is 9.64. The van der Waals surface area contributed by atoms with Crippen molar-refractivity contribution in [2.75, 3.05) is 0 Å². The zero-order valence-electron chi connectivity index (χ0n) is 14.1. The monoisotopic (exact) mass is 319 g/mol. The minimum atomic E-state index is -0.118. The lowest BCUT2D eigenvalue weighted by Crippen LogP contribution is -2.19. The van der Waals surface area contributed by atoms with E-state index < -0.39 is 0 Å². The molecule has 0 saturated heterocycles. The maximum absolute atomic E-state index is 9.64. The van der Waals surface area contributed by atoms with Crippen LogP contribution in [0.1, 0.15) is 36.8 Å².